The molecule has 0 amide bonds. The van der Waals surface area contributed by atoms with E-state index in [1.807, 2.05) is 19.2 Å². The first kappa shape index (κ1) is 12.6. The van der Waals surface area contributed by atoms with E-state index < -0.39 is 5.67 Å². The van der Waals surface area contributed by atoms with Gasteiger partial charge in [-0.1, -0.05) is 30.7 Å². The molecule has 1 aliphatic carbocycles. The van der Waals surface area contributed by atoms with Crippen molar-refractivity contribution in [1.29, 1.82) is 0 Å². The summed E-state index contributed by atoms with van der Waals surface area (Å²) >= 11 is 0. The van der Waals surface area contributed by atoms with Gasteiger partial charge in [-0.25, -0.2) is 4.39 Å². The minimum absolute atomic E-state index is 0.697. The molecule has 0 radical (unpaired) electrons. The van der Waals surface area contributed by atoms with Crippen molar-refractivity contribution in [2.75, 3.05) is 13.6 Å². The first-order valence-electron chi connectivity index (χ1n) is 6.67. The zero-order valence-corrected chi connectivity index (χ0v) is 10.6. The maximum absolute atomic E-state index is 14.7. The van der Waals surface area contributed by atoms with E-state index in [0.29, 0.717) is 12.8 Å². The average molecular weight is 235 g/mol. The summed E-state index contributed by atoms with van der Waals surface area (Å²) in [5, 5.41) is 3.13. The summed E-state index contributed by atoms with van der Waals surface area (Å²) in [6, 6.07) is 8.11. The van der Waals surface area contributed by atoms with Crippen LogP contribution in [0, 0.1) is 0 Å². The molecule has 0 spiro atoms. The fourth-order valence-corrected chi connectivity index (χ4v) is 2.64. The molecule has 1 aromatic carbocycles. The van der Waals surface area contributed by atoms with Gasteiger partial charge in [0.15, 0.2) is 0 Å². The van der Waals surface area contributed by atoms with E-state index >= 15 is 0 Å². The number of likely N-dealkylation sites (N-methyl/N-ethyl adjacent to an activating group) is 1. The second-order valence-corrected chi connectivity index (χ2v) is 5.08. The molecule has 0 saturated heterocycles. The van der Waals surface area contributed by atoms with Gasteiger partial charge < -0.3 is 5.32 Å². The van der Waals surface area contributed by atoms with E-state index in [0.717, 1.165) is 31.4 Å². The Morgan fingerprint density at radius 3 is 2.35 bits per heavy atom. The van der Waals surface area contributed by atoms with Gasteiger partial charge in [-0.3, -0.25) is 0 Å². The Hall–Kier alpha value is -0.890. The van der Waals surface area contributed by atoms with Gasteiger partial charge in [0.2, 0.25) is 0 Å². The van der Waals surface area contributed by atoms with E-state index in [9.17, 15) is 4.39 Å². The second kappa shape index (κ2) is 5.63. The van der Waals surface area contributed by atoms with Crippen LogP contribution in [-0.2, 0) is 12.1 Å². The Kier molecular flexibility index (Phi) is 4.16. The summed E-state index contributed by atoms with van der Waals surface area (Å²) in [6.07, 6.45) is 5.64. The number of benzene rings is 1. The summed E-state index contributed by atoms with van der Waals surface area (Å²) in [5.74, 6) is 0. The van der Waals surface area contributed by atoms with Gasteiger partial charge in [0.1, 0.15) is 5.67 Å². The fourth-order valence-electron chi connectivity index (χ4n) is 2.64. The minimum Gasteiger partial charge on any atom is -0.319 e. The fraction of sp³-hybridized carbons (Fsp3) is 0.600. The quantitative estimate of drug-likeness (QED) is 0.841. The zero-order valence-electron chi connectivity index (χ0n) is 10.6. The smallest absolute Gasteiger partial charge is 0.136 e. The van der Waals surface area contributed by atoms with Crippen LogP contribution in [0.3, 0.4) is 0 Å². The second-order valence-electron chi connectivity index (χ2n) is 5.08. The lowest BCUT2D eigenvalue weighted by molar-refractivity contribution is 0.106. The van der Waals surface area contributed by atoms with Crippen molar-refractivity contribution in [3.05, 3.63) is 35.4 Å². The number of halogens is 1. The molecule has 0 heterocycles. The summed E-state index contributed by atoms with van der Waals surface area (Å²) < 4.78 is 14.7. The molecule has 0 aromatic heterocycles. The van der Waals surface area contributed by atoms with Gasteiger partial charge in [0, 0.05) is 0 Å². The lowest BCUT2D eigenvalue weighted by Crippen LogP contribution is -2.23. The standard InChI is InChI=1S/C15H22FN/c1-17-12-9-13-5-7-14(8-6-13)15(16)10-3-2-4-11-15/h5-8,17H,2-4,9-12H2,1H3. The highest BCUT2D eigenvalue weighted by Crippen LogP contribution is 2.40. The first-order valence-corrected chi connectivity index (χ1v) is 6.67. The summed E-state index contributed by atoms with van der Waals surface area (Å²) in [4.78, 5) is 0. The van der Waals surface area contributed by atoms with Crippen molar-refractivity contribution < 1.29 is 4.39 Å². The van der Waals surface area contributed by atoms with Crippen molar-refractivity contribution in [2.45, 2.75) is 44.2 Å². The number of hydrogen-bond donors (Lipinski definition) is 1. The molecule has 0 bridgehead atoms. The van der Waals surface area contributed by atoms with E-state index in [1.165, 1.54) is 12.0 Å². The van der Waals surface area contributed by atoms with Crippen LogP contribution in [0.25, 0.3) is 0 Å². The molecule has 2 heteroatoms. The highest BCUT2D eigenvalue weighted by atomic mass is 19.1. The van der Waals surface area contributed by atoms with Gasteiger partial charge >= 0.3 is 0 Å². The number of nitrogens with one attached hydrogen (secondary N) is 1. The molecular weight excluding hydrogens is 213 g/mol. The molecule has 2 rings (SSSR count). The van der Waals surface area contributed by atoms with E-state index in [1.54, 1.807) is 0 Å². The molecule has 94 valence electrons. The topological polar surface area (TPSA) is 12.0 Å². The molecule has 1 fully saturated rings. The van der Waals surface area contributed by atoms with E-state index in [2.05, 4.69) is 17.4 Å². The lowest BCUT2D eigenvalue weighted by atomic mass is 9.81. The van der Waals surface area contributed by atoms with Crippen molar-refractivity contribution in [1.82, 2.24) is 5.32 Å². The maximum Gasteiger partial charge on any atom is 0.136 e. The van der Waals surface area contributed by atoms with Crippen molar-refractivity contribution >= 4 is 0 Å². The number of alkyl halides is 1. The lowest BCUT2D eigenvalue weighted by Gasteiger charge is -2.30. The van der Waals surface area contributed by atoms with Gasteiger partial charge in [-0.05, 0) is 56.8 Å². The highest BCUT2D eigenvalue weighted by Gasteiger charge is 2.33. The van der Waals surface area contributed by atoms with E-state index in [-0.39, 0.29) is 0 Å². The third kappa shape index (κ3) is 3.06. The minimum atomic E-state index is -1.06. The van der Waals surface area contributed by atoms with E-state index in [4.69, 9.17) is 0 Å². The van der Waals surface area contributed by atoms with Gasteiger partial charge in [0.25, 0.3) is 0 Å². The SMILES string of the molecule is CNCCc1ccc(C2(F)CCCCC2)cc1. The normalized spacial score (nSPS) is 19.2. The third-order valence-corrected chi connectivity index (χ3v) is 3.78. The molecular formula is C15H22FN. The van der Waals surface area contributed by atoms with Crippen molar-refractivity contribution in [3.63, 3.8) is 0 Å². The predicted molar refractivity (Wildman–Crippen MR) is 69.9 cm³/mol. The molecule has 1 N–H and O–H groups in total. The van der Waals surface area contributed by atoms with Crippen LogP contribution in [0.15, 0.2) is 24.3 Å². The Balaban J connectivity index is 2.06. The Bertz CT molecular complexity index is 338. The summed E-state index contributed by atoms with van der Waals surface area (Å²) in [6.45, 7) is 0.972. The molecule has 1 aliphatic rings. The molecule has 0 aliphatic heterocycles. The predicted octanol–water partition coefficient (Wildman–Crippen LogP) is 3.58. The van der Waals surface area contributed by atoms with Crippen molar-refractivity contribution in [3.8, 4) is 0 Å². The summed E-state index contributed by atoms with van der Waals surface area (Å²) in [7, 11) is 1.95. The largest absolute Gasteiger partial charge is 0.319 e. The monoisotopic (exact) mass is 235 g/mol. The van der Waals surface area contributed by atoms with Crippen LogP contribution < -0.4 is 5.32 Å². The molecule has 17 heavy (non-hydrogen) atoms. The van der Waals surface area contributed by atoms with Crippen LogP contribution in [-0.4, -0.2) is 13.6 Å². The van der Waals surface area contributed by atoms with Crippen LogP contribution >= 0.6 is 0 Å². The highest BCUT2D eigenvalue weighted by molar-refractivity contribution is 5.28. The molecule has 0 unspecified atom stereocenters. The Morgan fingerprint density at radius 2 is 1.76 bits per heavy atom. The van der Waals surface area contributed by atoms with Gasteiger partial charge in [-0.2, -0.15) is 0 Å². The maximum atomic E-state index is 14.7. The number of rotatable bonds is 4. The molecule has 1 nitrogen and oxygen atoms in total. The molecule has 0 atom stereocenters. The Morgan fingerprint density at radius 1 is 1.12 bits per heavy atom. The van der Waals surface area contributed by atoms with Crippen molar-refractivity contribution in [2.24, 2.45) is 0 Å². The van der Waals surface area contributed by atoms with Crippen LogP contribution in [0.2, 0.25) is 0 Å². The first-order chi connectivity index (χ1) is 8.24. The van der Waals surface area contributed by atoms with Crippen LogP contribution in [0.1, 0.15) is 43.2 Å². The zero-order chi connectivity index (χ0) is 12.1. The van der Waals surface area contributed by atoms with Crippen LogP contribution in [0.4, 0.5) is 4.39 Å². The number of hydrogen-bond acceptors (Lipinski definition) is 1. The third-order valence-electron chi connectivity index (χ3n) is 3.78. The average Bonchev–Trinajstić information content (AvgIpc) is 2.38. The summed E-state index contributed by atoms with van der Waals surface area (Å²) in [5.41, 5.74) is 1.10. The Labute approximate surface area is 103 Å². The van der Waals surface area contributed by atoms with Crippen LogP contribution in [0.5, 0.6) is 0 Å². The van der Waals surface area contributed by atoms with Gasteiger partial charge in [0.05, 0.1) is 0 Å². The molecule has 1 saturated carbocycles. The van der Waals surface area contributed by atoms with Gasteiger partial charge in [-0.15, -0.1) is 0 Å². The molecule has 1 aromatic rings.